The van der Waals surface area contributed by atoms with E-state index in [1.807, 2.05) is 0 Å². The van der Waals surface area contributed by atoms with E-state index < -0.39 is 35.6 Å². The first-order valence-electron chi connectivity index (χ1n) is 7.18. The van der Waals surface area contributed by atoms with Crippen molar-refractivity contribution in [1.29, 1.82) is 0 Å². The van der Waals surface area contributed by atoms with Gasteiger partial charge in [-0.1, -0.05) is 29.8 Å². The molecule has 1 aromatic carbocycles. The van der Waals surface area contributed by atoms with Crippen molar-refractivity contribution < 1.29 is 22.7 Å². The van der Waals surface area contributed by atoms with Crippen molar-refractivity contribution in [2.24, 2.45) is 0 Å². The van der Waals surface area contributed by atoms with Crippen LogP contribution >= 0.6 is 11.6 Å². The monoisotopic (exact) mass is 373 g/mol. The van der Waals surface area contributed by atoms with Crippen LogP contribution in [-0.4, -0.2) is 26.8 Å². The van der Waals surface area contributed by atoms with E-state index in [-0.39, 0.29) is 22.5 Å². The lowest BCUT2D eigenvalue weighted by atomic mass is 10.2. The Morgan fingerprint density at radius 2 is 2.00 bits per heavy atom. The minimum atomic E-state index is -4.87. The molecule has 3 rings (SSSR count). The molecule has 0 saturated heterocycles. The predicted molar refractivity (Wildman–Crippen MR) is 83.6 cm³/mol. The number of esters is 1. The number of ether oxygens (including phenoxy) is 1. The largest absolute Gasteiger partial charge is 0.465 e. The second kappa shape index (κ2) is 6.07. The van der Waals surface area contributed by atoms with Gasteiger partial charge < -0.3 is 4.74 Å². The number of hydrogen-bond acceptors (Lipinski definition) is 4. The molecule has 25 heavy (non-hydrogen) atoms. The number of aromatic nitrogens is 3. The fraction of sp³-hybridized carbons (Fsp3) is 0.267. The van der Waals surface area contributed by atoms with Gasteiger partial charge in [-0.3, -0.25) is 14.0 Å². The van der Waals surface area contributed by atoms with Crippen molar-refractivity contribution in [2.45, 2.75) is 19.6 Å². The number of carbonyl (C=O) groups is 1. The van der Waals surface area contributed by atoms with Gasteiger partial charge in [0.1, 0.15) is 12.1 Å². The summed E-state index contributed by atoms with van der Waals surface area (Å²) in [5, 5.41) is 3.49. The lowest BCUT2D eigenvalue weighted by Gasteiger charge is -2.12. The Kier molecular flexibility index (Phi) is 4.19. The Labute approximate surface area is 143 Å². The fourth-order valence-electron chi connectivity index (χ4n) is 2.56. The van der Waals surface area contributed by atoms with Crippen molar-refractivity contribution in [3.63, 3.8) is 0 Å². The van der Waals surface area contributed by atoms with Gasteiger partial charge in [-0.15, -0.1) is 5.10 Å². The number of nitrogens with zero attached hydrogens (tertiary/aromatic N) is 3. The minimum absolute atomic E-state index is 0.0255. The van der Waals surface area contributed by atoms with Gasteiger partial charge >= 0.3 is 12.1 Å². The molecule has 0 bridgehead atoms. The Bertz CT molecular complexity index is 1040. The molecule has 3 aromatic rings. The third-order valence-electron chi connectivity index (χ3n) is 3.51. The van der Waals surface area contributed by atoms with E-state index in [1.54, 1.807) is 6.07 Å². The smallest absolute Gasteiger partial charge is 0.451 e. The Balaban J connectivity index is 2.41. The molecule has 0 N–H and O–H groups in total. The summed E-state index contributed by atoms with van der Waals surface area (Å²) in [4.78, 5) is 24.1. The maximum Gasteiger partial charge on any atom is 0.451 e. The Morgan fingerprint density at radius 3 is 2.64 bits per heavy atom. The molecular formula is C15H11ClF3N3O3. The molecule has 6 nitrogen and oxygen atoms in total. The van der Waals surface area contributed by atoms with Gasteiger partial charge in [0.15, 0.2) is 0 Å². The number of halogens is 4. The van der Waals surface area contributed by atoms with Crippen molar-refractivity contribution in [2.75, 3.05) is 6.61 Å². The molecule has 0 aliphatic heterocycles. The quantitative estimate of drug-likeness (QED) is 0.662. The topological polar surface area (TPSA) is 65.6 Å². The lowest BCUT2D eigenvalue weighted by molar-refractivity contribution is -0.149. The highest BCUT2D eigenvalue weighted by Gasteiger charge is 2.38. The molecule has 0 aliphatic carbocycles. The Morgan fingerprint density at radius 1 is 1.32 bits per heavy atom. The van der Waals surface area contributed by atoms with Gasteiger partial charge in [-0.2, -0.15) is 13.2 Å². The van der Waals surface area contributed by atoms with Gasteiger partial charge in [0.05, 0.1) is 17.1 Å². The van der Waals surface area contributed by atoms with E-state index in [1.165, 1.54) is 25.1 Å². The van der Waals surface area contributed by atoms with E-state index in [9.17, 15) is 22.8 Å². The summed E-state index contributed by atoms with van der Waals surface area (Å²) < 4.78 is 46.2. The van der Waals surface area contributed by atoms with Gasteiger partial charge in [-0.05, 0) is 13.0 Å². The fourth-order valence-corrected chi connectivity index (χ4v) is 2.88. The van der Waals surface area contributed by atoms with Gasteiger partial charge in [0.2, 0.25) is 5.82 Å². The van der Waals surface area contributed by atoms with Crippen LogP contribution in [0.1, 0.15) is 12.7 Å². The molecule has 0 atom stereocenters. The zero-order chi connectivity index (χ0) is 18.4. The zero-order valence-corrected chi connectivity index (χ0v) is 13.6. The van der Waals surface area contributed by atoms with Crippen LogP contribution in [0.4, 0.5) is 13.2 Å². The first-order valence-corrected chi connectivity index (χ1v) is 7.56. The third kappa shape index (κ3) is 2.84. The van der Waals surface area contributed by atoms with Gasteiger partial charge in [-0.25, -0.2) is 4.68 Å². The van der Waals surface area contributed by atoms with Gasteiger partial charge in [0.25, 0.3) is 5.56 Å². The molecular weight excluding hydrogens is 363 g/mol. The van der Waals surface area contributed by atoms with Crippen molar-refractivity contribution in [3.05, 3.63) is 45.5 Å². The molecule has 132 valence electrons. The summed E-state index contributed by atoms with van der Waals surface area (Å²) in [6.07, 6.45) is -4.87. The molecule has 0 spiro atoms. The van der Waals surface area contributed by atoms with Crippen LogP contribution < -0.4 is 5.56 Å². The predicted octanol–water partition coefficient (Wildman–Crippen LogP) is 2.88. The number of alkyl halides is 3. The average Bonchev–Trinajstić information content (AvgIpc) is 2.83. The summed E-state index contributed by atoms with van der Waals surface area (Å²) >= 11 is 6.14. The second-order valence-corrected chi connectivity index (χ2v) is 5.48. The molecule has 2 aromatic heterocycles. The lowest BCUT2D eigenvalue weighted by Crippen LogP contribution is -2.33. The SMILES string of the molecule is CCOC(=O)Cn1nc(C(F)(F)F)n2c(c(Cl)c3ccccc32)c1=O. The molecule has 2 heterocycles. The van der Waals surface area contributed by atoms with Crippen molar-refractivity contribution in [1.82, 2.24) is 14.2 Å². The minimum Gasteiger partial charge on any atom is -0.465 e. The maximum absolute atomic E-state index is 13.5. The van der Waals surface area contributed by atoms with E-state index in [4.69, 9.17) is 11.6 Å². The molecule has 0 radical (unpaired) electrons. The molecule has 0 unspecified atom stereocenters. The molecule has 10 heteroatoms. The van der Waals surface area contributed by atoms with Crippen LogP contribution in [0, 0.1) is 0 Å². The zero-order valence-electron chi connectivity index (χ0n) is 12.8. The van der Waals surface area contributed by atoms with Crippen LogP contribution in [0.5, 0.6) is 0 Å². The number of fused-ring (bicyclic) bond motifs is 3. The summed E-state index contributed by atoms with van der Waals surface area (Å²) in [6, 6.07) is 6.01. The summed E-state index contributed by atoms with van der Waals surface area (Å²) in [7, 11) is 0. The second-order valence-electron chi connectivity index (χ2n) is 5.10. The first-order chi connectivity index (χ1) is 11.8. The van der Waals surface area contributed by atoms with E-state index in [0.29, 0.717) is 9.08 Å². The maximum atomic E-state index is 13.5. The number of hydrogen-bond donors (Lipinski definition) is 0. The molecule has 0 amide bonds. The van der Waals surface area contributed by atoms with Crippen LogP contribution in [0.25, 0.3) is 16.4 Å². The first kappa shape index (κ1) is 17.3. The van der Waals surface area contributed by atoms with Crippen LogP contribution in [0.2, 0.25) is 5.02 Å². The van der Waals surface area contributed by atoms with Crippen LogP contribution in [0.15, 0.2) is 29.1 Å². The average molecular weight is 374 g/mol. The van der Waals surface area contributed by atoms with Crippen molar-refractivity contribution >= 4 is 34.0 Å². The van der Waals surface area contributed by atoms with Crippen LogP contribution in [0.3, 0.4) is 0 Å². The Hall–Kier alpha value is -2.55. The summed E-state index contributed by atoms with van der Waals surface area (Å²) in [5.41, 5.74) is -1.21. The number of benzene rings is 1. The van der Waals surface area contributed by atoms with Crippen molar-refractivity contribution in [3.8, 4) is 0 Å². The van der Waals surface area contributed by atoms with Crippen LogP contribution in [-0.2, 0) is 22.3 Å². The van der Waals surface area contributed by atoms with E-state index >= 15 is 0 Å². The highest BCUT2D eigenvalue weighted by atomic mass is 35.5. The summed E-state index contributed by atoms with van der Waals surface area (Å²) in [5.74, 6) is -2.23. The molecule has 0 saturated carbocycles. The van der Waals surface area contributed by atoms with E-state index in [0.717, 1.165) is 0 Å². The van der Waals surface area contributed by atoms with Gasteiger partial charge in [0, 0.05) is 5.39 Å². The van der Waals surface area contributed by atoms with E-state index in [2.05, 4.69) is 9.84 Å². The molecule has 0 aliphatic rings. The number of rotatable bonds is 3. The highest BCUT2D eigenvalue weighted by Crippen LogP contribution is 2.34. The number of carbonyl (C=O) groups excluding carboxylic acids is 1. The highest BCUT2D eigenvalue weighted by molar-refractivity contribution is 6.39. The number of para-hydroxylation sites is 1. The third-order valence-corrected chi connectivity index (χ3v) is 3.90. The molecule has 0 fully saturated rings. The standard InChI is InChI=1S/C15H11ClF3N3O3/c1-2-25-10(23)7-21-13(24)12-11(16)8-5-3-4-6-9(8)22(12)14(20-21)15(17,18)19/h3-6H,2,7H2,1H3. The normalized spacial score (nSPS) is 12.0. The summed E-state index contributed by atoms with van der Waals surface area (Å²) in [6.45, 7) is 0.816.